The number of carbonyl (C=O) groups is 2. The fraction of sp³-hybridized carbons (Fsp3) is 0.294. The van der Waals surface area contributed by atoms with Gasteiger partial charge in [0.15, 0.2) is 0 Å². The molecule has 0 saturated heterocycles. The highest BCUT2D eigenvalue weighted by molar-refractivity contribution is 5.94. The van der Waals surface area contributed by atoms with Crippen molar-refractivity contribution in [2.75, 3.05) is 0 Å². The molecule has 0 radical (unpaired) electrons. The van der Waals surface area contributed by atoms with Crippen LogP contribution in [-0.2, 0) is 9.59 Å². The van der Waals surface area contributed by atoms with Crippen molar-refractivity contribution in [2.24, 2.45) is 11.5 Å². The second-order valence-electron chi connectivity index (χ2n) is 4.55. The SMILES string of the molecule is C=C(\C=C/C(=C\CC)C(=C/C=C(\C)C(N)=O)/CC)C(N)=O. The second kappa shape index (κ2) is 9.53. The molecule has 0 fully saturated rings. The Morgan fingerprint density at radius 2 is 1.67 bits per heavy atom. The number of primary amides is 2. The van der Waals surface area contributed by atoms with Crippen LogP contribution >= 0.6 is 0 Å². The van der Waals surface area contributed by atoms with E-state index in [9.17, 15) is 9.59 Å². The van der Waals surface area contributed by atoms with Gasteiger partial charge in [-0.05, 0) is 37.0 Å². The number of rotatable bonds is 8. The molecule has 0 rings (SSSR count). The standard InChI is InChI=1S/C17H24N2O2/c1-5-7-15(11-9-13(4)17(19)21)14(6-2)10-8-12(3)16(18)20/h7-11H,4-6H2,1-3H3,(H2,18,20)(H2,19,21)/b11-9-,12-8+,14-10+,15-7+. The molecule has 0 atom stereocenters. The van der Waals surface area contributed by atoms with Gasteiger partial charge in [0, 0.05) is 11.1 Å². The molecule has 4 N–H and O–H groups in total. The molecule has 0 spiro atoms. The van der Waals surface area contributed by atoms with Gasteiger partial charge in [-0.15, -0.1) is 0 Å². The van der Waals surface area contributed by atoms with Crippen LogP contribution in [0.2, 0.25) is 0 Å². The Morgan fingerprint density at radius 1 is 1.05 bits per heavy atom. The van der Waals surface area contributed by atoms with Gasteiger partial charge in [-0.2, -0.15) is 0 Å². The summed E-state index contributed by atoms with van der Waals surface area (Å²) in [6, 6.07) is 0. The van der Waals surface area contributed by atoms with Crippen LogP contribution in [0, 0.1) is 0 Å². The predicted octanol–water partition coefficient (Wildman–Crippen LogP) is 2.69. The maximum Gasteiger partial charge on any atom is 0.248 e. The van der Waals surface area contributed by atoms with E-state index in [4.69, 9.17) is 11.5 Å². The number of amides is 2. The van der Waals surface area contributed by atoms with E-state index in [0.29, 0.717) is 5.57 Å². The smallest absolute Gasteiger partial charge is 0.248 e. The summed E-state index contributed by atoms with van der Waals surface area (Å²) in [5.74, 6) is -0.992. The van der Waals surface area contributed by atoms with E-state index >= 15 is 0 Å². The molecule has 4 nitrogen and oxygen atoms in total. The molecule has 0 saturated carbocycles. The molecular formula is C17H24N2O2. The number of hydrogen-bond acceptors (Lipinski definition) is 2. The van der Waals surface area contributed by atoms with Crippen molar-refractivity contribution < 1.29 is 9.59 Å². The van der Waals surface area contributed by atoms with Crippen molar-refractivity contribution >= 4 is 11.8 Å². The van der Waals surface area contributed by atoms with Gasteiger partial charge in [-0.3, -0.25) is 9.59 Å². The monoisotopic (exact) mass is 288 g/mol. The van der Waals surface area contributed by atoms with Crippen LogP contribution in [0.4, 0.5) is 0 Å². The van der Waals surface area contributed by atoms with Gasteiger partial charge in [-0.1, -0.05) is 44.7 Å². The lowest BCUT2D eigenvalue weighted by Gasteiger charge is -2.06. The zero-order chi connectivity index (χ0) is 16.4. The molecule has 0 aromatic carbocycles. The number of hydrogen-bond donors (Lipinski definition) is 2. The van der Waals surface area contributed by atoms with E-state index in [2.05, 4.69) is 6.58 Å². The van der Waals surface area contributed by atoms with E-state index in [1.165, 1.54) is 0 Å². The fourth-order valence-corrected chi connectivity index (χ4v) is 1.52. The van der Waals surface area contributed by atoms with Crippen LogP contribution in [0.1, 0.15) is 33.6 Å². The highest BCUT2D eigenvalue weighted by Crippen LogP contribution is 2.18. The largest absolute Gasteiger partial charge is 0.366 e. The molecule has 0 unspecified atom stereocenters. The maximum atomic E-state index is 11.0. The summed E-state index contributed by atoms with van der Waals surface area (Å²) in [4.78, 5) is 22.0. The first-order valence-corrected chi connectivity index (χ1v) is 6.88. The summed E-state index contributed by atoms with van der Waals surface area (Å²) in [6.07, 6.45) is 10.6. The molecule has 0 aromatic heterocycles. The first-order valence-electron chi connectivity index (χ1n) is 6.88. The molecular weight excluding hydrogens is 264 g/mol. The zero-order valence-corrected chi connectivity index (χ0v) is 13.0. The van der Waals surface area contributed by atoms with Crippen LogP contribution in [0.5, 0.6) is 0 Å². The number of allylic oxidation sites excluding steroid dienone is 6. The third-order valence-corrected chi connectivity index (χ3v) is 2.88. The Hall–Kier alpha value is -2.36. The Balaban J connectivity index is 5.43. The Bertz CT molecular complexity index is 535. The third kappa shape index (κ3) is 7.11. The van der Waals surface area contributed by atoms with Crippen molar-refractivity contribution in [3.05, 3.63) is 59.3 Å². The average Bonchev–Trinajstić information content (AvgIpc) is 2.43. The van der Waals surface area contributed by atoms with Crippen LogP contribution in [-0.4, -0.2) is 11.8 Å². The van der Waals surface area contributed by atoms with E-state index in [0.717, 1.165) is 24.0 Å². The number of carbonyl (C=O) groups excluding carboxylic acids is 2. The van der Waals surface area contributed by atoms with Gasteiger partial charge in [-0.25, -0.2) is 0 Å². The Labute approximate surface area is 126 Å². The van der Waals surface area contributed by atoms with Gasteiger partial charge in [0.05, 0.1) is 0 Å². The van der Waals surface area contributed by atoms with Crippen LogP contribution < -0.4 is 11.5 Å². The first-order chi connectivity index (χ1) is 9.83. The summed E-state index contributed by atoms with van der Waals surface area (Å²) in [7, 11) is 0. The molecule has 2 amide bonds. The van der Waals surface area contributed by atoms with Gasteiger partial charge >= 0.3 is 0 Å². The molecule has 0 heterocycles. The third-order valence-electron chi connectivity index (χ3n) is 2.88. The summed E-state index contributed by atoms with van der Waals surface area (Å²) in [5.41, 5.74) is 13.1. The molecule has 0 aromatic rings. The van der Waals surface area contributed by atoms with Crippen molar-refractivity contribution in [3.63, 3.8) is 0 Å². The van der Waals surface area contributed by atoms with E-state index in [-0.39, 0.29) is 5.57 Å². The topological polar surface area (TPSA) is 86.2 Å². The summed E-state index contributed by atoms with van der Waals surface area (Å²) in [6.45, 7) is 9.29. The normalized spacial score (nSPS) is 13.6. The highest BCUT2D eigenvalue weighted by atomic mass is 16.1. The van der Waals surface area contributed by atoms with Crippen molar-refractivity contribution in [1.29, 1.82) is 0 Å². The molecule has 0 bridgehead atoms. The van der Waals surface area contributed by atoms with Crippen molar-refractivity contribution in [1.82, 2.24) is 0 Å². The van der Waals surface area contributed by atoms with E-state index in [1.54, 1.807) is 25.2 Å². The zero-order valence-electron chi connectivity index (χ0n) is 13.0. The first kappa shape index (κ1) is 18.6. The molecule has 114 valence electrons. The molecule has 0 aliphatic rings. The minimum atomic E-state index is -0.548. The van der Waals surface area contributed by atoms with Gasteiger partial charge in [0.25, 0.3) is 0 Å². The van der Waals surface area contributed by atoms with Gasteiger partial charge in [0.2, 0.25) is 11.8 Å². The lowest BCUT2D eigenvalue weighted by molar-refractivity contribution is -0.115. The van der Waals surface area contributed by atoms with Crippen LogP contribution in [0.25, 0.3) is 0 Å². The van der Waals surface area contributed by atoms with E-state index < -0.39 is 11.8 Å². The lowest BCUT2D eigenvalue weighted by atomic mass is 10.00. The highest BCUT2D eigenvalue weighted by Gasteiger charge is 2.02. The quantitative estimate of drug-likeness (QED) is 0.531. The van der Waals surface area contributed by atoms with Gasteiger partial charge in [0.1, 0.15) is 0 Å². The molecule has 0 aliphatic heterocycles. The minimum absolute atomic E-state index is 0.247. The average molecular weight is 288 g/mol. The Morgan fingerprint density at radius 3 is 2.10 bits per heavy atom. The summed E-state index contributed by atoms with van der Waals surface area (Å²) < 4.78 is 0. The predicted molar refractivity (Wildman–Crippen MR) is 87.2 cm³/mol. The van der Waals surface area contributed by atoms with E-state index in [1.807, 2.05) is 26.0 Å². The summed E-state index contributed by atoms with van der Waals surface area (Å²) in [5, 5.41) is 0. The molecule has 21 heavy (non-hydrogen) atoms. The van der Waals surface area contributed by atoms with Crippen molar-refractivity contribution in [2.45, 2.75) is 33.6 Å². The minimum Gasteiger partial charge on any atom is -0.366 e. The van der Waals surface area contributed by atoms with Crippen LogP contribution in [0.15, 0.2) is 59.3 Å². The number of nitrogens with two attached hydrogens (primary N) is 2. The maximum absolute atomic E-state index is 11.0. The van der Waals surface area contributed by atoms with Crippen LogP contribution in [0.3, 0.4) is 0 Å². The second-order valence-corrected chi connectivity index (χ2v) is 4.55. The van der Waals surface area contributed by atoms with Gasteiger partial charge < -0.3 is 11.5 Å². The van der Waals surface area contributed by atoms with Crippen molar-refractivity contribution in [3.8, 4) is 0 Å². The molecule has 4 heteroatoms. The molecule has 0 aliphatic carbocycles. The lowest BCUT2D eigenvalue weighted by Crippen LogP contribution is -2.11. The Kier molecular flexibility index (Phi) is 8.46. The fourth-order valence-electron chi connectivity index (χ4n) is 1.52. The summed E-state index contributed by atoms with van der Waals surface area (Å²) >= 11 is 0.